The maximum Gasteiger partial charge on any atom is 0.255 e. The lowest BCUT2D eigenvalue weighted by molar-refractivity contribution is 0.0704. The lowest BCUT2D eigenvalue weighted by atomic mass is 10.1. The SMILES string of the molecule is CN(Cc1nnc(-c2ccccc2)o1)C(=O)c1cnc2c(c1)ncn2C1CCOCC1. The van der Waals surface area contributed by atoms with Crippen LogP contribution in [0.3, 0.4) is 0 Å². The zero-order valence-corrected chi connectivity index (χ0v) is 17.1. The molecule has 31 heavy (non-hydrogen) atoms. The second-order valence-corrected chi connectivity index (χ2v) is 7.59. The van der Waals surface area contributed by atoms with E-state index in [9.17, 15) is 4.79 Å². The average Bonchev–Trinajstić information content (AvgIpc) is 3.46. The minimum absolute atomic E-state index is 0.186. The van der Waals surface area contributed by atoms with Crippen LogP contribution < -0.4 is 0 Å². The number of amides is 1. The number of fused-ring (bicyclic) bond motifs is 1. The second-order valence-electron chi connectivity index (χ2n) is 7.59. The summed E-state index contributed by atoms with van der Waals surface area (Å²) in [7, 11) is 1.69. The molecule has 0 bridgehead atoms. The normalized spacial score (nSPS) is 14.7. The molecular formula is C22H22N6O3. The molecular weight excluding hydrogens is 396 g/mol. The first kappa shape index (κ1) is 19.4. The Hall–Kier alpha value is -3.59. The van der Waals surface area contributed by atoms with E-state index >= 15 is 0 Å². The highest BCUT2D eigenvalue weighted by Crippen LogP contribution is 2.25. The highest BCUT2D eigenvalue weighted by atomic mass is 16.5. The molecule has 0 spiro atoms. The standard InChI is InChI=1S/C22H22N6O3/c1-27(13-19-25-26-21(31-19)15-5-3-2-4-6-15)22(29)16-11-18-20(23-12-16)28(14-24-18)17-7-9-30-10-8-17/h2-6,11-12,14,17H,7-10,13H2,1H3. The van der Waals surface area contributed by atoms with Gasteiger partial charge in [0, 0.05) is 38.1 Å². The fraction of sp³-hybridized carbons (Fsp3) is 0.318. The van der Waals surface area contributed by atoms with Crippen molar-refractivity contribution in [1.82, 2.24) is 29.6 Å². The van der Waals surface area contributed by atoms with Gasteiger partial charge in [-0.2, -0.15) is 0 Å². The first-order chi connectivity index (χ1) is 15.2. The lowest BCUT2D eigenvalue weighted by Gasteiger charge is -2.23. The largest absolute Gasteiger partial charge is 0.419 e. The monoisotopic (exact) mass is 418 g/mol. The van der Waals surface area contributed by atoms with Crippen molar-refractivity contribution in [2.45, 2.75) is 25.4 Å². The number of benzene rings is 1. The fourth-order valence-corrected chi connectivity index (χ4v) is 3.78. The number of imidazole rings is 1. The zero-order valence-electron chi connectivity index (χ0n) is 17.1. The van der Waals surface area contributed by atoms with E-state index in [4.69, 9.17) is 9.15 Å². The summed E-state index contributed by atoms with van der Waals surface area (Å²) < 4.78 is 13.2. The molecule has 1 aliphatic heterocycles. The predicted octanol–water partition coefficient (Wildman–Crippen LogP) is 3.11. The Labute approximate surface area is 178 Å². The van der Waals surface area contributed by atoms with Gasteiger partial charge in [0.25, 0.3) is 5.91 Å². The molecule has 9 nitrogen and oxygen atoms in total. The molecule has 0 radical (unpaired) electrons. The van der Waals surface area contributed by atoms with Crippen LogP contribution in [0, 0.1) is 0 Å². The van der Waals surface area contributed by atoms with Crippen molar-refractivity contribution in [2.24, 2.45) is 0 Å². The molecule has 3 aromatic heterocycles. The minimum Gasteiger partial charge on any atom is -0.419 e. The van der Waals surface area contributed by atoms with Crippen LogP contribution in [0.25, 0.3) is 22.6 Å². The Kier molecular flexibility index (Phi) is 5.17. The number of hydrogen-bond acceptors (Lipinski definition) is 7. The molecule has 9 heteroatoms. The summed E-state index contributed by atoms with van der Waals surface area (Å²) >= 11 is 0. The van der Waals surface area contributed by atoms with E-state index in [2.05, 4.69) is 24.7 Å². The van der Waals surface area contributed by atoms with Gasteiger partial charge in [0.2, 0.25) is 11.8 Å². The maximum absolute atomic E-state index is 12.9. The zero-order chi connectivity index (χ0) is 21.2. The molecule has 1 saturated heterocycles. The van der Waals surface area contributed by atoms with Crippen LogP contribution in [0.1, 0.15) is 35.1 Å². The first-order valence-electron chi connectivity index (χ1n) is 10.2. The molecule has 0 atom stereocenters. The van der Waals surface area contributed by atoms with Crippen molar-refractivity contribution in [2.75, 3.05) is 20.3 Å². The topological polar surface area (TPSA) is 99.2 Å². The Morgan fingerprint density at radius 1 is 1.16 bits per heavy atom. The van der Waals surface area contributed by atoms with E-state index in [1.54, 1.807) is 25.6 Å². The highest BCUT2D eigenvalue weighted by molar-refractivity contribution is 5.96. The van der Waals surface area contributed by atoms with E-state index < -0.39 is 0 Å². The number of nitrogens with zero attached hydrogens (tertiary/aromatic N) is 6. The van der Waals surface area contributed by atoms with Crippen LogP contribution in [0.5, 0.6) is 0 Å². The molecule has 0 unspecified atom stereocenters. The third-order valence-corrected chi connectivity index (χ3v) is 5.45. The third-order valence-electron chi connectivity index (χ3n) is 5.45. The van der Waals surface area contributed by atoms with Crippen molar-refractivity contribution >= 4 is 17.1 Å². The van der Waals surface area contributed by atoms with E-state index in [1.165, 1.54) is 4.90 Å². The first-order valence-corrected chi connectivity index (χ1v) is 10.2. The van der Waals surface area contributed by atoms with E-state index in [0.29, 0.717) is 28.9 Å². The summed E-state index contributed by atoms with van der Waals surface area (Å²) in [6, 6.07) is 11.6. The van der Waals surface area contributed by atoms with Gasteiger partial charge in [0.05, 0.1) is 18.4 Å². The Balaban J connectivity index is 1.31. The van der Waals surface area contributed by atoms with Gasteiger partial charge in [0.15, 0.2) is 5.65 Å². The van der Waals surface area contributed by atoms with Gasteiger partial charge < -0.3 is 18.6 Å². The van der Waals surface area contributed by atoms with Crippen LogP contribution >= 0.6 is 0 Å². The van der Waals surface area contributed by atoms with Crippen molar-refractivity contribution in [1.29, 1.82) is 0 Å². The van der Waals surface area contributed by atoms with Crippen LogP contribution in [0.2, 0.25) is 0 Å². The summed E-state index contributed by atoms with van der Waals surface area (Å²) in [6.07, 6.45) is 5.27. The highest BCUT2D eigenvalue weighted by Gasteiger charge is 2.21. The van der Waals surface area contributed by atoms with Gasteiger partial charge in [-0.25, -0.2) is 9.97 Å². The summed E-state index contributed by atoms with van der Waals surface area (Å²) in [5.41, 5.74) is 2.80. The van der Waals surface area contributed by atoms with Gasteiger partial charge in [-0.3, -0.25) is 4.79 Å². The van der Waals surface area contributed by atoms with Gasteiger partial charge in [-0.1, -0.05) is 18.2 Å². The molecule has 0 N–H and O–H groups in total. The number of ether oxygens (including phenoxy) is 1. The number of aromatic nitrogens is 5. The van der Waals surface area contributed by atoms with Gasteiger partial charge in [0.1, 0.15) is 5.52 Å². The Bertz CT molecular complexity index is 1200. The molecule has 1 amide bonds. The van der Waals surface area contributed by atoms with Crippen LogP contribution in [0.4, 0.5) is 0 Å². The third kappa shape index (κ3) is 3.91. The number of hydrogen-bond donors (Lipinski definition) is 0. The minimum atomic E-state index is -0.186. The van der Waals surface area contributed by atoms with Crippen molar-refractivity contribution in [3.63, 3.8) is 0 Å². The van der Waals surface area contributed by atoms with E-state index in [0.717, 1.165) is 37.3 Å². The van der Waals surface area contributed by atoms with E-state index in [1.807, 2.05) is 30.3 Å². The lowest BCUT2D eigenvalue weighted by Crippen LogP contribution is -2.26. The number of carbonyl (C=O) groups excluding carboxylic acids is 1. The van der Waals surface area contributed by atoms with Gasteiger partial charge in [-0.15, -0.1) is 10.2 Å². The van der Waals surface area contributed by atoms with Crippen molar-refractivity contribution in [3.05, 3.63) is 60.4 Å². The molecule has 0 saturated carbocycles. The molecule has 1 aliphatic rings. The molecule has 5 rings (SSSR count). The quantitative estimate of drug-likeness (QED) is 0.491. The second kappa shape index (κ2) is 8.27. The van der Waals surface area contributed by atoms with Crippen LogP contribution in [-0.4, -0.2) is 55.8 Å². The maximum atomic E-state index is 12.9. The Morgan fingerprint density at radius 3 is 2.77 bits per heavy atom. The van der Waals surface area contributed by atoms with Crippen molar-refractivity contribution in [3.8, 4) is 11.5 Å². The number of rotatable bonds is 5. The number of carbonyl (C=O) groups is 1. The smallest absolute Gasteiger partial charge is 0.255 e. The summed E-state index contributed by atoms with van der Waals surface area (Å²) in [4.78, 5) is 23.4. The molecule has 4 heterocycles. The molecule has 158 valence electrons. The number of pyridine rings is 1. The molecule has 4 aromatic rings. The fourth-order valence-electron chi connectivity index (χ4n) is 3.78. The van der Waals surface area contributed by atoms with Gasteiger partial charge >= 0.3 is 0 Å². The Morgan fingerprint density at radius 2 is 1.97 bits per heavy atom. The molecule has 1 fully saturated rings. The molecule has 0 aliphatic carbocycles. The summed E-state index contributed by atoms with van der Waals surface area (Å²) in [5.74, 6) is 0.611. The summed E-state index contributed by atoms with van der Waals surface area (Å²) in [6.45, 7) is 1.69. The van der Waals surface area contributed by atoms with E-state index in [-0.39, 0.29) is 12.5 Å². The average molecular weight is 418 g/mol. The van der Waals surface area contributed by atoms with Gasteiger partial charge in [-0.05, 0) is 31.0 Å². The predicted molar refractivity (Wildman–Crippen MR) is 112 cm³/mol. The van der Waals surface area contributed by atoms with Crippen LogP contribution in [0.15, 0.2) is 53.3 Å². The van der Waals surface area contributed by atoms with Crippen molar-refractivity contribution < 1.29 is 13.9 Å². The summed E-state index contributed by atoms with van der Waals surface area (Å²) in [5, 5.41) is 8.13. The van der Waals surface area contributed by atoms with Crippen LogP contribution in [-0.2, 0) is 11.3 Å². The molecule has 1 aromatic carbocycles.